The molecule has 4 aromatic carbocycles. The van der Waals surface area contributed by atoms with Gasteiger partial charge in [0.1, 0.15) is 0 Å². The van der Waals surface area contributed by atoms with E-state index in [1.54, 1.807) is 5.56 Å². The zero-order chi connectivity index (χ0) is 31.4. The number of hydrogen-bond acceptors (Lipinski definition) is 3. The molecule has 4 fully saturated rings. The fourth-order valence-corrected chi connectivity index (χ4v) is 14.1. The lowest BCUT2D eigenvalue weighted by molar-refractivity contribution is 0.165. The molecule has 4 unspecified atom stereocenters. The lowest BCUT2D eigenvalue weighted by atomic mass is 9.67. The van der Waals surface area contributed by atoms with Crippen LogP contribution in [0.3, 0.4) is 0 Å². The highest BCUT2D eigenvalue weighted by Gasteiger charge is 2.46. The molecule has 8 aromatic rings. The van der Waals surface area contributed by atoms with Gasteiger partial charge in [-0.1, -0.05) is 36.4 Å². The van der Waals surface area contributed by atoms with E-state index in [1.807, 2.05) is 0 Å². The van der Waals surface area contributed by atoms with Gasteiger partial charge in [-0.25, -0.2) is 0 Å². The molecule has 4 aromatic heterocycles. The summed E-state index contributed by atoms with van der Waals surface area (Å²) >= 11 is 0. The van der Waals surface area contributed by atoms with E-state index in [0.717, 1.165) is 50.6 Å². The SMILES string of the molecule is O=c1c2cccc3cccc(c4cc5c6c7c(ncc6n6c8cnc9c(c8c(c14)c56)C1CC4CC(CC9C4)C1)C1CC4CC(C1)CC7C4)c32. The standard InChI is InChI=1S/C45H37N3O/c49-45-30-6-2-4-24-3-1-5-29(35(24)30)31-17-32-38-33(18-46-42-27-13-20-7-21(14-27)10-25(9-20)36(38)42)48-34-19-47-43-28-15-22-8-23(16-28)12-26(11-22)37(43)40(34)41(39(31)45)44(32)48/h1-6,17-23,25-28H,7-16H2. The third-order valence-corrected chi connectivity index (χ3v) is 15.3. The molecule has 4 saturated carbocycles. The Morgan fingerprint density at radius 1 is 0.510 bits per heavy atom. The third kappa shape index (κ3) is 2.90. The van der Waals surface area contributed by atoms with E-state index < -0.39 is 0 Å². The van der Waals surface area contributed by atoms with E-state index in [-0.39, 0.29) is 5.43 Å². The van der Waals surface area contributed by atoms with Crippen LogP contribution in [0.1, 0.15) is 110 Å². The molecule has 4 nitrogen and oxygen atoms in total. The number of aromatic nitrogens is 3. The fraction of sp³-hybridized carbons (Fsp3) is 0.400. The summed E-state index contributed by atoms with van der Waals surface area (Å²) in [7, 11) is 0. The second-order valence-corrected chi connectivity index (χ2v) is 17.7. The van der Waals surface area contributed by atoms with E-state index in [1.165, 1.54) is 125 Å². The molecule has 4 heterocycles. The average Bonchev–Trinajstić information content (AvgIpc) is 3.49. The Bertz CT molecular complexity index is 2850. The maximum atomic E-state index is 15.1. The number of fused-ring (bicyclic) bond motifs is 9. The minimum absolute atomic E-state index is 0.193. The van der Waals surface area contributed by atoms with Gasteiger partial charge in [-0.3, -0.25) is 14.8 Å². The van der Waals surface area contributed by atoms with E-state index in [9.17, 15) is 0 Å². The largest absolute Gasteiger partial charge is 0.305 e. The van der Waals surface area contributed by atoms with Crippen molar-refractivity contribution in [3.8, 4) is 0 Å². The number of benzene rings is 4. The van der Waals surface area contributed by atoms with Crippen molar-refractivity contribution < 1.29 is 0 Å². The van der Waals surface area contributed by atoms with Crippen LogP contribution < -0.4 is 5.43 Å². The first-order chi connectivity index (χ1) is 24.2. The highest BCUT2D eigenvalue weighted by molar-refractivity contribution is 6.36. The van der Waals surface area contributed by atoms with Crippen molar-refractivity contribution in [2.45, 2.75) is 87.9 Å². The number of pyridine rings is 2. The molecule has 49 heavy (non-hydrogen) atoms. The van der Waals surface area contributed by atoms with Crippen LogP contribution in [-0.2, 0) is 0 Å². The minimum Gasteiger partial charge on any atom is -0.305 e. The van der Waals surface area contributed by atoms with Crippen molar-refractivity contribution in [3.63, 3.8) is 0 Å². The third-order valence-electron chi connectivity index (χ3n) is 15.3. The Morgan fingerprint density at radius 2 is 1.06 bits per heavy atom. The van der Waals surface area contributed by atoms with Gasteiger partial charge in [0.05, 0.1) is 28.9 Å². The lowest BCUT2D eigenvalue weighted by Crippen LogP contribution is -2.25. The number of rotatable bonds is 0. The van der Waals surface area contributed by atoms with Crippen molar-refractivity contribution >= 4 is 70.4 Å². The first-order valence-corrected chi connectivity index (χ1v) is 19.3. The van der Waals surface area contributed by atoms with Crippen LogP contribution in [0.5, 0.6) is 0 Å². The van der Waals surface area contributed by atoms with E-state index in [4.69, 9.17) is 9.97 Å². The van der Waals surface area contributed by atoms with Gasteiger partial charge in [0, 0.05) is 60.9 Å². The smallest absolute Gasteiger partial charge is 0.195 e. The molecule has 0 amide bonds. The van der Waals surface area contributed by atoms with E-state index in [0.29, 0.717) is 23.7 Å². The van der Waals surface area contributed by atoms with Crippen LogP contribution >= 0.6 is 0 Å². The topological polar surface area (TPSA) is 47.3 Å². The molecule has 0 radical (unpaired) electrons. The van der Waals surface area contributed by atoms with Gasteiger partial charge in [-0.2, -0.15) is 0 Å². The summed E-state index contributed by atoms with van der Waals surface area (Å²) in [4.78, 5) is 26.0. The van der Waals surface area contributed by atoms with Crippen LogP contribution in [0.4, 0.5) is 0 Å². The van der Waals surface area contributed by atoms with Crippen LogP contribution in [0.2, 0.25) is 0 Å². The predicted octanol–water partition coefficient (Wildman–Crippen LogP) is 10.7. The van der Waals surface area contributed by atoms with Crippen LogP contribution in [0.25, 0.3) is 70.4 Å². The highest BCUT2D eigenvalue weighted by atomic mass is 16.1. The molecular formula is C45H37N3O. The highest BCUT2D eigenvalue weighted by Crippen LogP contribution is 2.60. The van der Waals surface area contributed by atoms with Crippen molar-refractivity contribution in [3.05, 3.63) is 87.6 Å². The fourth-order valence-electron chi connectivity index (χ4n) is 14.1. The Labute approximate surface area is 283 Å². The first kappa shape index (κ1) is 25.6. The molecule has 8 bridgehead atoms. The predicted molar refractivity (Wildman–Crippen MR) is 198 cm³/mol. The zero-order valence-corrected chi connectivity index (χ0v) is 27.6. The Hall–Kier alpha value is -4.31. The Balaban J connectivity index is 1.26. The van der Waals surface area contributed by atoms with Crippen LogP contribution in [-0.4, -0.2) is 14.4 Å². The second-order valence-electron chi connectivity index (χ2n) is 17.7. The molecule has 8 aliphatic rings. The van der Waals surface area contributed by atoms with Crippen LogP contribution in [0, 0.1) is 23.7 Å². The summed E-state index contributed by atoms with van der Waals surface area (Å²) < 4.78 is 2.54. The zero-order valence-electron chi connectivity index (χ0n) is 27.6. The molecule has 4 atom stereocenters. The van der Waals surface area contributed by atoms with Gasteiger partial charge in [0.2, 0.25) is 0 Å². The minimum atomic E-state index is 0.193. The van der Waals surface area contributed by atoms with Gasteiger partial charge in [-0.05, 0) is 133 Å². The quantitative estimate of drug-likeness (QED) is 0.123. The molecule has 238 valence electrons. The Morgan fingerprint density at radius 3 is 1.69 bits per heavy atom. The number of hydrogen-bond donors (Lipinski definition) is 0. The van der Waals surface area contributed by atoms with Crippen molar-refractivity contribution in [1.82, 2.24) is 14.4 Å². The molecular weight excluding hydrogens is 599 g/mol. The summed E-state index contributed by atoms with van der Waals surface area (Å²) in [6.07, 6.45) is 17.7. The molecule has 0 spiro atoms. The summed E-state index contributed by atoms with van der Waals surface area (Å²) in [5, 5.41) is 11.8. The molecule has 4 heteroatoms. The van der Waals surface area contributed by atoms with Gasteiger partial charge >= 0.3 is 0 Å². The molecule has 0 aliphatic heterocycles. The van der Waals surface area contributed by atoms with Gasteiger partial charge < -0.3 is 4.40 Å². The van der Waals surface area contributed by atoms with Crippen molar-refractivity contribution in [1.29, 1.82) is 0 Å². The molecule has 0 N–H and O–H groups in total. The molecule has 16 rings (SSSR count). The van der Waals surface area contributed by atoms with E-state index >= 15 is 4.79 Å². The van der Waals surface area contributed by atoms with Gasteiger partial charge in [0.25, 0.3) is 0 Å². The lowest BCUT2D eigenvalue weighted by Gasteiger charge is -2.38. The summed E-state index contributed by atoms with van der Waals surface area (Å²) in [5.41, 5.74) is 9.71. The van der Waals surface area contributed by atoms with Crippen LogP contribution in [0.15, 0.2) is 59.7 Å². The first-order valence-electron chi connectivity index (χ1n) is 19.3. The number of nitrogens with zero attached hydrogens (tertiary/aromatic N) is 3. The summed E-state index contributed by atoms with van der Waals surface area (Å²) in [5.74, 6) is 5.57. The normalized spacial score (nSPS) is 31.3. The monoisotopic (exact) mass is 635 g/mol. The van der Waals surface area contributed by atoms with Gasteiger partial charge in [0.15, 0.2) is 5.43 Å². The van der Waals surface area contributed by atoms with E-state index in [2.05, 4.69) is 59.3 Å². The average molecular weight is 636 g/mol. The molecule has 8 aliphatic carbocycles. The van der Waals surface area contributed by atoms with Crippen molar-refractivity contribution in [2.24, 2.45) is 23.7 Å². The maximum absolute atomic E-state index is 15.1. The maximum Gasteiger partial charge on any atom is 0.195 e. The van der Waals surface area contributed by atoms with Crippen molar-refractivity contribution in [2.75, 3.05) is 0 Å². The Kier molecular flexibility index (Phi) is 4.36. The summed E-state index contributed by atoms with van der Waals surface area (Å²) in [6, 6.07) is 15.4. The van der Waals surface area contributed by atoms with Gasteiger partial charge in [-0.15, -0.1) is 0 Å². The summed E-state index contributed by atoms with van der Waals surface area (Å²) in [6.45, 7) is 0. The molecule has 0 saturated heterocycles. The second kappa shape index (κ2) is 8.34.